The van der Waals surface area contributed by atoms with Crippen LogP contribution in [0.1, 0.15) is 31.4 Å². The van der Waals surface area contributed by atoms with Gasteiger partial charge in [-0.3, -0.25) is 0 Å². The normalized spacial score (nSPS) is 13.6. The fourth-order valence-corrected chi connectivity index (χ4v) is 2.51. The summed E-state index contributed by atoms with van der Waals surface area (Å²) in [5.41, 5.74) is -0.397. The Labute approximate surface area is 105 Å². The van der Waals surface area contributed by atoms with E-state index in [9.17, 15) is 22.3 Å². The molecule has 0 aliphatic rings. The third kappa shape index (κ3) is 4.03. The van der Waals surface area contributed by atoms with Crippen molar-refractivity contribution < 1.29 is 22.3 Å². The molecule has 3 nitrogen and oxygen atoms in total. The van der Waals surface area contributed by atoms with Gasteiger partial charge in [0.25, 0.3) is 0 Å². The average molecular weight is 278 g/mol. The zero-order chi connectivity index (χ0) is 13.8. The number of rotatable bonds is 6. The van der Waals surface area contributed by atoms with Crippen LogP contribution in [0.5, 0.6) is 0 Å². The van der Waals surface area contributed by atoms with Gasteiger partial charge < -0.3 is 5.11 Å². The number of sulfone groups is 1. The molecule has 102 valence electrons. The number of hydrogen-bond acceptors (Lipinski definition) is 3. The standard InChI is InChI=1S/C12H16F2O3S/c1-2-18(16,17)8-4-7-11(15)12-9(13)5-3-6-10(12)14/h3,5-6,11,15H,2,4,7-8H2,1H3. The van der Waals surface area contributed by atoms with E-state index in [2.05, 4.69) is 0 Å². The summed E-state index contributed by atoms with van der Waals surface area (Å²) in [4.78, 5) is 0. The van der Waals surface area contributed by atoms with Crippen molar-refractivity contribution in [3.63, 3.8) is 0 Å². The first-order valence-corrected chi connectivity index (χ1v) is 7.52. The first-order valence-electron chi connectivity index (χ1n) is 5.69. The third-order valence-corrected chi connectivity index (χ3v) is 4.50. The van der Waals surface area contributed by atoms with E-state index < -0.39 is 33.1 Å². The minimum Gasteiger partial charge on any atom is -0.388 e. The summed E-state index contributed by atoms with van der Waals surface area (Å²) in [7, 11) is -3.12. The lowest BCUT2D eigenvalue weighted by atomic mass is 10.0. The highest BCUT2D eigenvalue weighted by Crippen LogP contribution is 2.24. The molecule has 0 fully saturated rings. The monoisotopic (exact) mass is 278 g/mol. The van der Waals surface area contributed by atoms with E-state index in [1.165, 1.54) is 13.0 Å². The van der Waals surface area contributed by atoms with E-state index in [-0.39, 0.29) is 24.3 Å². The summed E-state index contributed by atoms with van der Waals surface area (Å²) in [6.07, 6.45) is -1.14. The maximum atomic E-state index is 13.3. The zero-order valence-corrected chi connectivity index (χ0v) is 10.9. The van der Waals surface area contributed by atoms with Crippen molar-refractivity contribution in [1.82, 2.24) is 0 Å². The molecule has 0 aliphatic carbocycles. The smallest absolute Gasteiger partial charge is 0.150 e. The van der Waals surface area contributed by atoms with Gasteiger partial charge in [-0.1, -0.05) is 13.0 Å². The van der Waals surface area contributed by atoms with Gasteiger partial charge in [-0.05, 0) is 25.0 Å². The highest BCUT2D eigenvalue weighted by molar-refractivity contribution is 7.91. The van der Waals surface area contributed by atoms with Gasteiger partial charge in [-0.25, -0.2) is 17.2 Å². The molecule has 1 aromatic rings. The van der Waals surface area contributed by atoms with Crippen molar-refractivity contribution in [2.45, 2.75) is 25.9 Å². The number of aliphatic hydroxyl groups excluding tert-OH is 1. The van der Waals surface area contributed by atoms with Crippen LogP contribution in [0.2, 0.25) is 0 Å². The second-order valence-corrected chi connectivity index (χ2v) is 6.50. The molecular formula is C12H16F2O3S. The molecule has 18 heavy (non-hydrogen) atoms. The highest BCUT2D eigenvalue weighted by Gasteiger charge is 2.18. The quantitative estimate of drug-likeness (QED) is 0.868. The molecule has 0 heterocycles. The zero-order valence-electron chi connectivity index (χ0n) is 10.1. The number of aliphatic hydroxyl groups is 1. The first-order chi connectivity index (χ1) is 8.37. The van der Waals surface area contributed by atoms with E-state index in [0.29, 0.717) is 0 Å². The summed E-state index contributed by atoms with van der Waals surface area (Å²) < 4.78 is 49.1. The minimum absolute atomic E-state index is 0.0110. The van der Waals surface area contributed by atoms with Crippen molar-refractivity contribution in [2.24, 2.45) is 0 Å². The lowest BCUT2D eigenvalue weighted by Crippen LogP contribution is -2.11. The fraction of sp³-hybridized carbons (Fsp3) is 0.500. The van der Waals surface area contributed by atoms with E-state index in [0.717, 1.165) is 12.1 Å². The minimum atomic E-state index is -3.12. The van der Waals surface area contributed by atoms with Gasteiger partial charge in [0.2, 0.25) is 0 Å². The van der Waals surface area contributed by atoms with Gasteiger partial charge in [-0.2, -0.15) is 0 Å². The Balaban J connectivity index is 2.64. The van der Waals surface area contributed by atoms with Crippen LogP contribution in [-0.4, -0.2) is 25.0 Å². The van der Waals surface area contributed by atoms with Crippen LogP contribution >= 0.6 is 0 Å². The molecule has 0 saturated carbocycles. The maximum Gasteiger partial charge on any atom is 0.150 e. The van der Waals surface area contributed by atoms with Crippen LogP contribution in [0.3, 0.4) is 0 Å². The summed E-state index contributed by atoms with van der Waals surface area (Å²) in [5, 5.41) is 9.68. The summed E-state index contributed by atoms with van der Waals surface area (Å²) in [6.45, 7) is 1.53. The largest absolute Gasteiger partial charge is 0.388 e. The molecule has 1 rings (SSSR count). The third-order valence-electron chi connectivity index (χ3n) is 2.71. The number of hydrogen-bond donors (Lipinski definition) is 1. The molecule has 1 N–H and O–H groups in total. The van der Waals surface area contributed by atoms with Gasteiger partial charge in [-0.15, -0.1) is 0 Å². The van der Waals surface area contributed by atoms with Crippen LogP contribution in [0.25, 0.3) is 0 Å². The van der Waals surface area contributed by atoms with Gasteiger partial charge in [0.15, 0.2) is 0 Å². The molecule has 1 aromatic carbocycles. The van der Waals surface area contributed by atoms with Gasteiger partial charge >= 0.3 is 0 Å². The van der Waals surface area contributed by atoms with Crippen LogP contribution in [-0.2, 0) is 9.84 Å². The van der Waals surface area contributed by atoms with Crippen molar-refractivity contribution >= 4 is 9.84 Å². The predicted octanol–water partition coefficient (Wildman–Crippen LogP) is 2.21. The maximum absolute atomic E-state index is 13.3. The van der Waals surface area contributed by atoms with Crippen LogP contribution < -0.4 is 0 Å². The average Bonchev–Trinajstić information content (AvgIpc) is 2.28. The SMILES string of the molecule is CCS(=O)(=O)CCCC(O)c1c(F)cccc1F. The Kier molecular flexibility index (Phi) is 5.22. The Morgan fingerprint density at radius 2 is 1.83 bits per heavy atom. The first kappa shape index (κ1) is 15.0. The van der Waals surface area contributed by atoms with Crippen molar-refractivity contribution in [3.05, 3.63) is 35.4 Å². The van der Waals surface area contributed by atoms with E-state index in [4.69, 9.17) is 0 Å². The van der Waals surface area contributed by atoms with Gasteiger partial charge in [0.05, 0.1) is 17.4 Å². The lowest BCUT2D eigenvalue weighted by molar-refractivity contribution is 0.157. The molecule has 0 aliphatic heterocycles. The molecular weight excluding hydrogens is 262 g/mol. The molecule has 6 heteroatoms. The van der Waals surface area contributed by atoms with Crippen molar-refractivity contribution in [2.75, 3.05) is 11.5 Å². The van der Waals surface area contributed by atoms with E-state index in [1.54, 1.807) is 0 Å². The molecule has 0 amide bonds. The number of halogens is 2. The molecule has 0 radical (unpaired) electrons. The second kappa shape index (κ2) is 6.24. The lowest BCUT2D eigenvalue weighted by Gasteiger charge is -2.12. The highest BCUT2D eigenvalue weighted by atomic mass is 32.2. The van der Waals surface area contributed by atoms with Crippen LogP contribution in [0.15, 0.2) is 18.2 Å². The Morgan fingerprint density at radius 3 is 2.33 bits per heavy atom. The number of benzene rings is 1. The molecule has 0 saturated heterocycles. The summed E-state index contributed by atoms with van der Waals surface area (Å²) in [5.74, 6) is -1.70. The van der Waals surface area contributed by atoms with E-state index >= 15 is 0 Å². The topological polar surface area (TPSA) is 54.4 Å². The summed E-state index contributed by atoms with van der Waals surface area (Å²) >= 11 is 0. The molecule has 1 unspecified atom stereocenters. The van der Waals surface area contributed by atoms with Crippen molar-refractivity contribution in [3.8, 4) is 0 Å². The fourth-order valence-electron chi connectivity index (χ4n) is 1.61. The Hall–Kier alpha value is -1.01. The van der Waals surface area contributed by atoms with Gasteiger partial charge in [0.1, 0.15) is 21.5 Å². The second-order valence-electron chi connectivity index (χ2n) is 4.03. The predicted molar refractivity (Wildman–Crippen MR) is 64.9 cm³/mol. The molecule has 0 spiro atoms. The van der Waals surface area contributed by atoms with Crippen molar-refractivity contribution in [1.29, 1.82) is 0 Å². The molecule has 0 bridgehead atoms. The Morgan fingerprint density at radius 1 is 1.28 bits per heavy atom. The van der Waals surface area contributed by atoms with E-state index in [1.807, 2.05) is 0 Å². The van der Waals surface area contributed by atoms with Crippen LogP contribution in [0, 0.1) is 11.6 Å². The van der Waals surface area contributed by atoms with Crippen LogP contribution in [0.4, 0.5) is 8.78 Å². The molecule has 1 atom stereocenters. The molecule has 0 aromatic heterocycles. The van der Waals surface area contributed by atoms with Gasteiger partial charge in [0, 0.05) is 5.75 Å². The summed E-state index contributed by atoms with van der Waals surface area (Å²) in [6, 6.07) is 3.33. The Bertz CT molecular complexity index is 480.